The highest BCUT2D eigenvalue weighted by atomic mass is 32.2. The van der Waals surface area contributed by atoms with Crippen LogP contribution in [0.4, 0.5) is 0 Å². The van der Waals surface area contributed by atoms with Gasteiger partial charge in [-0.3, -0.25) is 9.59 Å². The van der Waals surface area contributed by atoms with E-state index in [2.05, 4.69) is 21.8 Å². The SMILES string of the molecule is O=C(NCC1CCN(Sc2ccccc2)CC1)[C@H](O)[C@@H](O)C(=O)N1Cc2ccccc2C1. The summed E-state index contributed by atoms with van der Waals surface area (Å²) in [5, 5.41) is 23.3. The molecule has 32 heavy (non-hydrogen) atoms. The maximum atomic E-state index is 12.6. The van der Waals surface area contributed by atoms with Crippen molar-refractivity contribution in [3.05, 3.63) is 65.7 Å². The zero-order valence-corrected chi connectivity index (χ0v) is 18.7. The number of benzene rings is 2. The molecule has 2 atom stereocenters. The number of piperidine rings is 1. The third-order valence-electron chi connectivity index (χ3n) is 6.09. The molecule has 0 saturated carbocycles. The Kier molecular flexibility index (Phi) is 7.47. The maximum Gasteiger partial charge on any atom is 0.255 e. The zero-order valence-electron chi connectivity index (χ0n) is 17.9. The van der Waals surface area contributed by atoms with Crippen LogP contribution in [0.1, 0.15) is 24.0 Å². The van der Waals surface area contributed by atoms with Gasteiger partial charge in [0.1, 0.15) is 0 Å². The molecule has 1 saturated heterocycles. The van der Waals surface area contributed by atoms with E-state index >= 15 is 0 Å². The fourth-order valence-corrected chi connectivity index (χ4v) is 5.11. The number of fused-ring (bicyclic) bond motifs is 1. The summed E-state index contributed by atoms with van der Waals surface area (Å²) in [5.41, 5.74) is 2.03. The van der Waals surface area contributed by atoms with Gasteiger partial charge in [0.05, 0.1) is 0 Å². The topological polar surface area (TPSA) is 93.1 Å². The first kappa shape index (κ1) is 22.8. The average molecular weight is 456 g/mol. The van der Waals surface area contributed by atoms with Crippen molar-refractivity contribution in [2.75, 3.05) is 19.6 Å². The molecule has 2 aliphatic rings. The Labute approximate surface area is 192 Å². The van der Waals surface area contributed by atoms with E-state index < -0.39 is 24.0 Å². The Bertz CT molecular complexity index is 909. The highest BCUT2D eigenvalue weighted by molar-refractivity contribution is 7.97. The number of aliphatic hydroxyl groups excluding tert-OH is 2. The highest BCUT2D eigenvalue weighted by Gasteiger charge is 2.35. The van der Waals surface area contributed by atoms with E-state index in [1.165, 1.54) is 9.80 Å². The Morgan fingerprint density at radius 3 is 2.16 bits per heavy atom. The molecule has 0 bridgehead atoms. The first-order chi connectivity index (χ1) is 15.5. The van der Waals surface area contributed by atoms with Crippen molar-refractivity contribution in [1.82, 2.24) is 14.5 Å². The second-order valence-electron chi connectivity index (χ2n) is 8.37. The summed E-state index contributed by atoms with van der Waals surface area (Å²) in [6.45, 7) is 3.01. The van der Waals surface area contributed by atoms with E-state index in [9.17, 15) is 19.8 Å². The minimum atomic E-state index is -1.78. The first-order valence-electron chi connectivity index (χ1n) is 11.0. The number of hydrogen-bond acceptors (Lipinski definition) is 6. The Hall–Kier alpha value is -2.39. The highest BCUT2D eigenvalue weighted by Crippen LogP contribution is 2.28. The number of nitrogens with zero attached hydrogens (tertiary/aromatic N) is 2. The monoisotopic (exact) mass is 455 g/mol. The van der Waals surface area contributed by atoms with E-state index in [4.69, 9.17) is 0 Å². The van der Waals surface area contributed by atoms with E-state index in [1.807, 2.05) is 42.5 Å². The van der Waals surface area contributed by atoms with Gasteiger partial charge in [-0.25, -0.2) is 4.31 Å². The molecule has 8 heteroatoms. The van der Waals surface area contributed by atoms with Gasteiger partial charge in [0, 0.05) is 37.6 Å². The molecule has 0 aliphatic carbocycles. The van der Waals surface area contributed by atoms with Gasteiger partial charge in [0.15, 0.2) is 12.2 Å². The summed E-state index contributed by atoms with van der Waals surface area (Å²) in [4.78, 5) is 27.6. The fraction of sp³-hybridized carbons (Fsp3) is 0.417. The smallest absolute Gasteiger partial charge is 0.255 e. The molecule has 3 N–H and O–H groups in total. The van der Waals surface area contributed by atoms with Crippen molar-refractivity contribution in [3.8, 4) is 0 Å². The number of aliphatic hydroxyl groups is 2. The molecule has 170 valence electrons. The fourth-order valence-electron chi connectivity index (χ4n) is 4.14. The lowest BCUT2D eigenvalue weighted by molar-refractivity contribution is -0.153. The standard InChI is InChI=1S/C24H29N3O4S/c28-21(22(29)24(31)26-15-18-6-4-5-7-19(18)16-26)23(30)25-14-17-10-12-27(13-11-17)32-20-8-2-1-3-9-20/h1-9,17,21-22,28-29H,10-16H2,(H,25,30)/t21-,22-/m1/s1. The van der Waals surface area contributed by atoms with Crippen LogP contribution >= 0.6 is 11.9 Å². The van der Waals surface area contributed by atoms with Crippen LogP contribution in [-0.2, 0) is 22.7 Å². The Balaban J connectivity index is 1.19. The maximum absolute atomic E-state index is 12.6. The molecule has 0 radical (unpaired) electrons. The van der Waals surface area contributed by atoms with Crippen molar-refractivity contribution < 1.29 is 19.8 Å². The van der Waals surface area contributed by atoms with Gasteiger partial charge < -0.3 is 20.4 Å². The molecule has 2 aromatic carbocycles. The predicted octanol–water partition coefficient (Wildman–Crippen LogP) is 1.79. The van der Waals surface area contributed by atoms with Gasteiger partial charge in [0.25, 0.3) is 11.8 Å². The summed E-state index contributed by atoms with van der Waals surface area (Å²) in [5.74, 6) is -1.03. The van der Waals surface area contributed by atoms with E-state index in [-0.39, 0.29) is 0 Å². The quantitative estimate of drug-likeness (QED) is 0.552. The molecule has 1 fully saturated rings. The lowest BCUT2D eigenvalue weighted by Gasteiger charge is -2.31. The minimum absolute atomic E-state index is 0.305. The number of carbonyl (C=O) groups is 2. The molecule has 0 aromatic heterocycles. The zero-order chi connectivity index (χ0) is 22.5. The van der Waals surface area contributed by atoms with Crippen LogP contribution in [0.25, 0.3) is 0 Å². The number of hydrogen-bond donors (Lipinski definition) is 3. The van der Waals surface area contributed by atoms with Crippen molar-refractivity contribution in [2.24, 2.45) is 5.92 Å². The van der Waals surface area contributed by atoms with Gasteiger partial charge in [-0.15, -0.1) is 0 Å². The summed E-state index contributed by atoms with van der Waals surface area (Å²) < 4.78 is 2.32. The molecule has 2 aromatic rings. The van der Waals surface area contributed by atoms with Gasteiger partial charge in [-0.2, -0.15) is 0 Å². The molecule has 2 heterocycles. The number of carbonyl (C=O) groups excluding carboxylic acids is 2. The summed E-state index contributed by atoms with van der Waals surface area (Å²) in [6.07, 6.45) is -1.68. The van der Waals surface area contributed by atoms with Crippen LogP contribution in [-0.4, -0.2) is 63.1 Å². The third kappa shape index (κ3) is 5.50. The normalized spacial score (nSPS) is 18.8. The van der Waals surface area contributed by atoms with E-state index in [0.717, 1.165) is 37.1 Å². The molecule has 4 rings (SSSR count). The number of amides is 2. The molecule has 0 unspecified atom stereocenters. The Morgan fingerprint density at radius 2 is 1.53 bits per heavy atom. The van der Waals surface area contributed by atoms with Crippen LogP contribution in [0.15, 0.2) is 59.5 Å². The van der Waals surface area contributed by atoms with Crippen molar-refractivity contribution in [1.29, 1.82) is 0 Å². The van der Waals surface area contributed by atoms with Crippen molar-refractivity contribution >= 4 is 23.8 Å². The van der Waals surface area contributed by atoms with Crippen molar-refractivity contribution in [3.63, 3.8) is 0 Å². The van der Waals surface area contributed by atoms with Gasteiger partial charge in [-0.1, -0.05) is 42.5 Å². The minimum Gasteiger partial charge on any atom is -0.380 e. The number of nitrogens with one attached hydrogen (secondary N) is 1. The van der Waals surface area contributed by atoms with Gasteiger partial charge in [-0.05, 0) is 54.0 Å². The van der Waals surface area contributed by atoms with Crippen LogP contribution in [0.2, 0.25) is 0 Å². The van der Waals surface area contributed by atoms with Gasteiger partial charge >= 0.3 is 0 Å². The van der Waals surface area contributed by atoms with Crippen LogP contribution in [0.3, 0.4) is 0 Å². The second kappa shape index (κ2) is 10.5. The molecule has 2 aliphatic heterocycles. The number of rotatable bonds is 7. The molecular formula is C24H29N3O4S. The van der Waals surface area contributed by atoms with Crippen LogP contribution < -0.4 is 5.32 Å². The molecule has 2 amide bonds. The average Bonchev–Trinajstić information content (AvgIpc) is 3.27. The lowest BCUT2D eigenvalue weighted by Crippen LogP contribution is -2.50. The lowest BCUT2D eigenvalue weighted by atomic mass is 9.98. The first-order valence-corrected chi connectivity index (χ1v) is 11.8. The van der Waals surface area contributed by atoms with E-state index in [0.29, 0.717) is 25.6 Å². The van der Waals surface area contributed by atoms with Gasteiger partial charge in [0.2, 0.25) is 0 Å². The van der Waals surface area contributed by atoms with E-state index in [1.54, 1.807) is 11.9 Å². The summed E-state index contributed by atoms with van der Waals surface area (Å²) >= 11 is 1.74. The summed E-state index contributed by atoms with van der Waals surface area (Å²) in [6, 6.07) is 17.9. The second-order valence-corrected chi connectivity index (χ2v) is 9.54. The molecule has 0 spiro atoms. The largest absolute Gasteiger partial charge is 0.380 e. The molecule has 7 nitrogen and oxygen atoms in total. The predicted molar refractivity (Wildman–Crippen MR) is 122 cm³/mol. The Morgan fingerprint density at radius 1 is 0.938 bits per heavy atom. The van der Waals surface area contributed by atoms with Crippen LogP contribution in [0, 0.1) is 5.92 Å². The third-order valence-corrected chi connectivity index (χ3v) is 7.20. The summed E-state index contributed by atoms with van der Waals surface area (Å²) in [7, 11) is 0. The molecular weight excluding hydrogens is 426 g/mol. The van der Waals surface area contributed by atoms with Crippen molar-refractivity contribution in [2.45, 2.75) is 43.0 Å². The van der Waals surface area contributed by atoms with Crippen LogP contribution in [0.5, 0.6) is 0 Å².